The first kappa shape index (κ1) is 17.4. The van der Waals surface area contributed by atoms with Crippen LogP contribution in [0.5, 0.6) is 0 Å². The highest BCUT2D eigenvalue weighted by Crippen LogP contribution is 2.25. The SMILES string of the molecule is C=C[C@H](N1CCNCC1)C(F)(F)F.Cl.Cl. The third kappa shape index (κ3) is 5.06. The molecule has 0 aliphatic carbocycles. The molecule has 0 amide bonds. The summed E-state index contributed by atoms with van der Waals surface area (Å²) in [6, 6.07) is -1.49. The molecule has 92 valence electrons. The predicted molar refractivity (Wildman–Crippen MR) is 59.0 cm³/mol. The zero-order valence-electron chi connectivity index (χ0n) is 8.09. The average Bonchev–Trinajstić information content (AvgIpc) is 2.05. The lowest BCUT2D eigenvalue weighted by Crippen LogP contribution is -2.52. The first-order chi connectivity index (χ1) is 6.05. The number of alkyl halides is 3. The molecular weight excluding hydrogens is 252 g/mol. The van der Waals surface area contributed by atoms with Crippen molar-refractivity contribution in [1.82, 2.24) is 10.2 Å². The van der Waals surface area contributed by atoms with Crippen molar-refractivity contribution in [3.05, 3.63) is 12.7 Å². The molecule has 0 spiro atoms. The molecule has 0 aromatic rings. The van der Waals surface area contributed by atoms with Crippen molar-refractivity contribution in [1.29, 1.82) is 0 Å². The highest BCUT2D eigenvalue weighted by atomic mass is 35.5. The first-order valence-corrected chi connectivity index (χ1v) is 4.19. The van der Waals surface area contributed by atoms with Crippen LogP contribution in [-0.2, 0) is 0 Å². The second-order valence-electron chi connectivity index (χ2n) is 3.01. The molecule has 15 heavy (non-hydrogen) atoms. The Morgan fingerprint density at radius 1 is 1.20 bits per heavy atom. The Morgan fingerprint density at radius 2 is 1.67 bits per heavy atom. The molecule has 1 N–H and O–H groups in total. The van der Waals surface area contributed by atoms with E-state index in [-0.39, 0.29) is 24.8 Å². The number of hydrogen-bond acceptors (Lipinski definition) is 2. The summed E-state index contributed by atoms with van der Waals surface area (Å²) in [4.78, 5) is 1.39. The number of piperazine rings is 1. The van der Waals surface area contributed by atoms with Crippen molar-refractivity contribution >= 4 is 24.8 Å². The van der Waals surface area contributed by atoms with Crippen molar-refractivity contribution in [2.24, 2.45) is 0 Å². The van der Waals surface area contributed by atoms with Gasteiger partial charge < -0.3 is 5.32 Å². The van der Waals surface area contributed by atoms with Crippen LogP contribution in [0.3, 0.4) is 0 Å². The Balaban J connectivity index is 0. The van der Waals surface area contributed by atoms with Crippen LogP contribution in [0.4, 0.5) is 13.2 Å². The van der Waals surface area contributed by atoms with E-state index >= 15 is 0 Å². The minimum atomic E-state index is -4.20. The fraction of sp³-hybridized carbons (Fsp3) is 0.750. The van der Waals surface area contributed by atoms with E-state index in [0.717, 1.165) is 6.08 Å². The zero-order chi connectivity index (χ0) is 9.90. The second-order valence-corrected chi connectivity index (χ2v) is 3.01. The van der Waals surface area contributed by atoms with Gasteiger partial charge in [0, 0.05) is 26.2 Å². The Morgan fingerprint density at radius 3 is 2.00 bits per heavy atom. The lowest BCUT2D eigenvalue weighted by Gasteiger charge is -2.34. The quantitative estimate of drug-likeness (QED) is 0.768. The molecular formula is C8H15Cl2F3N2. The molecule has 0 radical (unpaired) electrons. The average molecular weight is 267 g/mol. The van der Waals surface area contributed by atoms with Crippen molar-refractivity contribution in [3.8, 4) is 0 Å². The van der Waals surface area contributed by atoms with Crippen molar-refractivity contribution in [3.63, 3.8) is 0 Å². The fourth-order valence-corrected chi connectivity index (χ4v) is 1.45. The molecule has 1 rings (SSSR count). The van der Waals surface area contributed by atoms with Crippen LogP contribution in [-0.4, -0.2) is 43.3 Å². The normalized spacial score (nSPS) is 19.7. The Bertz CT molecular complexity index is 181. The van der Waals surface area contributed by atoms with Gasteiger partial charge in [-0.2, -0.15) is 13.2 Å². The minimum Gasteiger partial charge on any atom is -0.314 e. The van der Waals surface area contributed by atoms with Gasteiger partial charge in [0.25, 0.3) is 0 Å². The Hall–Kier alpha value is 0.0300. The van der Waals surface area contributed by atoms with Gasteiger partial charge in [-0.25, -0.2) is 0 Å². The molecule has 1 saturated heterocycles. The fourth-order valence-electron chi connectivity index (χ4n) is 1.45. The summed E-state index contributed by atoms with van der Waals surface area (Å²) >= 11 is 0. The topological polar surface area (TPSA) is 15.3 Å². The van der Waals surface area contributed by atoms with Crippen LogP contribution in [0.2, 0.25) is 0 Å². The molecule has 0 aromatic heterocycles. The van der Waals surface area contributed by atoms with Gasteiger partial charge >= 0.3 is 6.18 Å². The highest BCUT2D eigenvalue weighted by molar-refractivity contribution is 5.85. The van der Waals surface area contributed by atoms with Crippen LogP contribution < -0.4 is 5.32 Å². The molecule has 1 fully saturated rings. The summed E-state index contributed by atoms with van der Waals surface area (Å²) in [6.07, 6.45) is -3.23. The molecule has 1 aliphatic heterocycles. The molecule has 1 heterocycles. The number of rotatable bonds is 2. The number of nitrogens with zero attached hydrogens (tertiary/aromatic N) is 1. The van der Waals surface area contributed by atoms with Gasteiger partial charge in [0.1, 0.15) is 6.04 Å². The third-order valence-corrected chi connectivity index (χ3v) is 2.10. The van der Waals surface area contributed by atoms with Crippen molar-refractivity contribution in [2.45, 2.75) is 12.2 Å². The van der Waals surface area contributed by atoms with Crippen LogP contribution in [0.25, 0.3) is 0 Å². The predicted octanol–water partition coefficient (Wildman–Crippen LogP) is 1.85. The lowest BCUT2D eigenvalue weighted by molar-refractivity contribution is -0.171. The molecule has 7 heteroatoms. The van der Waals surface area contributed by atoms with Crippen LogP contribution >= 0.6 is 24.8 Å². The third-order valence-electron chi connectivity index (χ3n) is 2.10. The van der Waals surface area contributed by atoms with Gasteiger partial charge in [-0.15, -0.1) is 31.4 Å². The van der Waals surface area contributed by atoms with E-state index in [2.05, 4.69) is 11.9 Å². The van der Waals surface area contributed by atoms with Crippen LogP contribution in [0, 0.1) is 0 Å². The summed E-state index contributed by atoms with van der Waals surface area (Å²) in [7, 11) is 0. The van der Waals surface area contributed by atoms with Crippen LogP contribution in [0.1, 0.15) is 0 Å². The van der Waals surface area contributed by atoms with E-state index in [1.54, 1.807) is 0 Å². The largest absolute Gasteiger partial charge is 0.407 e. The number of hydrogen-bond donors (Lipinski definition) is 1. The van der Waals surface area contributed by atoms with E-state index in [9.17, 15) is 13.2 Å². The number of nitrogens with one attached hydrogen (secondary N) is 1. The minimum absolute atomic E-state index is 0. The summed E-state index contributed by atoms with van der Waals surface area (Å²) in [5, 5.41) is 3.00. The van der Waals surface area contributed by atoms with E-state index < -0.39 is 12.2 Å². The molecule has 0 bridgehead atoms. The smallest absolute Gasteiger partial charge is 0.314 e. The number of halogens is 5. The summed E-state index contributed by atoms with van der Waals surface area (Å²) < 4.78 is 37.1. The monoisotopic (exact) mass is 266 g/mol. The van der Waals surface area contributed by atoms with Crippen molar-refractivity contribution < 1.29 is 13.2 Å². The zero-order valence-corrected chi connectivity index (χ0v) is 9.72. The van der Waals surface area contributed by atoms with E-state index in [1.807, 2.05) is 0 Å². The van der Waals surface area contributed by atoms with Gasteiger partial charge in [-0.05, 0) is 0 Å². The molecule has 0 unspecified atom stereocenters. The standard InChI is InChI=1S/C8H13F3N2.2ClH/c1-2-7(8(9,10)11)13-5-3-12-4-6-13;;/h2,7,12H,1,3-6H2;2*1H/t7-;;/m0../s1. The highest BCUT2D eigenvalue weighted by Gasteiger charge is 2.41. The van der Waals surface area contributed by atoms with Gasteiger partial charge in [-0.1, -0.05) is 6.08 Å². The molecule has 1 atom stereocenters. The van der Waals surface area contributed by atoms with Crippen LogP contribution in [0.15, 0.2) is 12.7 Å². The van der Waals surface area contributed by atoms with Gasteiger partial charge in [0.2, 0.25) is 0 Å². The van der Waals surface area contributed by atoms with E-state index in [1.165, 1.54) is 4.90 Å². The lowest BCUT2D eigenvalue weighted by atomic mass is 10.2. The van der Waals surface area contributed by atoms with Gasteiger partial charge in [-0.3, -0.25) is 4.90 Å². The van der Waals surface area contributed by atoms with Gasteiger partial charge in [0.15, 0.2) is 0 Å². The van der Waals surface area contributed by atoms with E-state index in [0.29, 0.717) is 26.2 Å². The molecule has 0 saturated carbocycles. The maximum absolute atomic E-state index is 12.4. The second kappa shape index (κ2) is 7.33. The maximum atomic E-state index is 12.4. The Kier molecular flexibility index (Phi) is 8.51. The Labute approximate surface area is 99.7 Å². The summed E-state index contributed by atoms with van der Waals surface area (Å²) in [5.41, 5.74) is 0. The maximum Gasteiger partial charge on any atom is 0.407 e. The first-order valence-electron chi connectivity index (χ1n) is 4.19. The summed E-state index contributed by atoms with van der Waals surface area (Å²) in [6.45, 7) is 5.30. The molecule has 2 nitrogen and oxygen atoms in total. The summed E-state index contributed by atoms with van der Waals surface area (Å²) in [5.74, 6) is 0. The van der Waals surface area contributed by atoms with Crippen molar-refractivity contribution in [2.75, 3.05) is 26.2 Å². The molecule has 0 aromatic carbocycles. The van der Waals surface area contributed by atoms with Gasteiger partial charge in [0.05, 0.1) is 0 Å². The van der Waals surface area contributed by atoms with E-state index in [4.69, 9.17) is 0 Å². The molecule has 1 aliphatic rings.